The molecule has 0 fully saturated rings. The monoisotopic (exact) mass is 277 g/mol. The van der Waals surface area contributed by atoms with Gasteiger partial charge >= 0.3 is 0 Å². The minimum absolute atomic E-state index is 0.643. The zero-order chi connectivity index (χ0) is 11.5. The van der Waals surface area contributed by atoms with Gasteiger partial charge in [0, 0.05) is 16.4 Å². The van der Waals surface area contributed by atoms with Gasteiger partial charge in [-0.25, -0.2) is 0 Å². The highest BCUT2D eigenvalue weighted by molar-refractivity contribution is 9.10. The van der Waals surface area contributed by atoms with Crippen LogP contribution in [0.1, 0.15) is 5.56 Å². The Bertz CT molecular complexity index is 511. The summed E-state index contributed by atoms with van der Waals surface area (Å²) < 4.78 is 1.07. The molecule has 0 amide bonds. The van der Waals surface area contributed by atoms with E-state index in [1.807, 2.05) is 25.1 Å². The van der Waals surface area contributed by atoms with Crippen molar-refractivity contribution < 1.29 is 0 Å². The number of nitrogen functional groups attached to an aromatic ring is 1. The molecule has 1 heterocycles. The number of hydrogen-bond donors (Lipinski definition) is 2. The highest BCUT2D eigenvalue weighted by Crippen LogP contribution is 2.26. The Balaban J connectivity index is 2.31. The molecule has 0 atom stereocenters. The van der Waals surface area contributed by atoms with E-state index < -0.39 is 0 Å². The number of aromatic nitrogens is 1. The zero-order valence-corrected chi connectivity index (χ0v) is 10.5. The molecule has 0 bridgehead atoms. The van der Waals surface area contributed by atoms with Crippen LogP contribution in [0.4, 0.5) is 17.1 Å². The number of nitrogens with two attached hydrogens (primary N) is 1. The van der Waals surface area contributed by atoms with Gasteiger partial charge in [-0.05, 0) is 36.8 Å². The molecule has 1 aromatic heterocycles. The fourth-order valence-corrected chi connectivity index (χ4v) is 1.91. The van der Waals surface area contributed by atoms with Crippen LogP contribution in [0.15, 0.2) is 41.1 Å². The Morgan fingerprint density at radius 1 is 1.25 bits per heavy atom. The number of nitrogens with zero attached hydrogens (tertiary/aromatic N) is 1. The molecule has 1 aromatic carbocycles. The van der Waals surface area contributed by atoms with Crippen LogP contribution in [0.5, 0.6) is 0 Å². The van der Waals surface area contributed by atoms with Gasteiger partial charge in [-0.3, -0.25) is 4.98 Å². The number of aryl methyl sites for hydroxylation is 1. The van der Waals surface area contributed by atoms with Gasteiger partial charge in [-0.15, -0.1) is 0 Å². The second-order valence-corrected chi connectivity index (χ2v) is 4.46. The highest BCUT2D eigenvalue weighted by atomic mass is 79.9. The summed E-state index contributed by atoms with van der Waals surface area (Å²) in [5, 5.41) is 3.28. The molecule has 3 N–H and O–H groups in total. The minimum Gasteiger partial charge on any atom is -0.396 e. The standard InChI is InChI=1S/C12H12BrN3/c1-8-6-9(13)2-3-11(8)16-12-4-5-15-7-10(12)14/h2-7H,14H2,1H3,(H,15,16). The molecule has 2 aromatic rings. The van der Waals surface area contributed by atoms with Gasteiger partial charge in [-0.1, -0.05) is 15.9 Å². The van der Waals surface area contributed by atoms with E-state index in [4.69, 9.17) is 5.73 Å². The van der Waals surface area contributed by atoms with E-state index in [0.29, 0.717) is 5.69 Å². The second-order valence-electron chi connectivity index (χ2n) is 3.55. The van der Waals surface area contributed by atoms with Gasteiger partial charge < -0.3 is 11.1 Å². The number of pyridine rings is 1. The molecular formula is C12H12BrN3. The number of hydrogen-bond acceptors (Lipinski definition) is 3. The SMILES string of the molecule is Cc1cc(Br)ccc1Nc1ccncc1N. The van der Waals surface area contributed by atoms with Crippen LogP contribution in [-0.2, 0) is 0 Å². The molecule has 0 aliphatic carbocycles. The molecule has 0 saturated heterocycles. The Morgan fingerprint density at radius 3 is 2.75 bits per heavy atom. The molecule has 0 unspecified atom stereocenters. The topological polar surface area (TPSA) is 50.9 Å². The maximum atomic E-state index is 5.81. The van der Waals surface area contributed by atoms with Crippen LogP contribution < -0.4 is 11.1 Å². The average molecular weight is 278 g/mol. The summed E-state index contributed by atoms with van der Waals surface area (Å²) in [6, 6.07) is 7.92. The van der Waals surface area contributed by atoms with Gasteiger partial charge in [0.2, 0.25) is 0 Å². The first-order valence-electron chi connectivity index (χ1n) is 4.89. The Kier molecular flexibility index (Phi) is 3.10. The quantitative estimate of drug-likeness (QED) is 0.884. The Morgan fingerprint density at radius 2 is 2.06 bits per heavy atom. The van der Waals surface area contributed by atoms with Gasteiger partial charge in [0.15, 0.2) is 0 Å². The van der Waals surface area contributed by atoms with E-state index >= 15 is 0 Å². The third-order valence-electron chi connectivity index (χ3n) is 2.31. The van der Waals surface area contributed by atoms with Crippen molar-refractivity contribution in [2.24, 2.45) is 0 Å². The molecule has 3 nitrogen and oxygen atoms in total. The summed E-state index contributed by atoms with van der Waals surface area (Å²) in [7, 11) is 0. The summed E-state index contributed by atoms with van der Waals surface area (Å²) in [4.78, 5) is 3.95. The lowest BCUT2D eigenvalue weighted by molar-refractivity contribution is 1.32. The molecule has 0 spiro atoms. The van der Waals surface area contributed by atoms with Crippen LogP contribution in [-0.4, -0.2) is 4.98 Å². The van der Waals surface area contributed by atoms with Crippen molar-refractivity contribution in [3.8, 4) is 0 Å². The summed E-state index contributed by atoms with van der Waals surface area (Å²) in [5.74, 6) is 0. The lowest BCUT2D eigenvalue weighted by Gasteiger charge is -2.11. The largest absolute Gasteiger partial charge is 0.396 e. The fraction of sp³-hybridized carbons (Fsp3) is 0.0833. The van der Waals surface area contributed by atoms with Crippen molar-refractivity contribution in [3.05, 3.63) is 46.7 Å². The lowest BCUT2D eigenvalue weighted by atomic mass is 10.2. The smallest absolute Gasteiger partial charge is 0.0739 e. The van der Waals surface area contributed by atoms with Gasteiger partial charge in [-0.2, -0.15) is 0 Å². The molecule has 0 aliphatic rings. The van der Waals surface area contributed by atoms with E-state index in [1.165, 1.54) is 0 Å². The van der Waals surface area contributed by atoms with E-state index in [0.717, 1.165) is 21.4 Å². The van der Waals surface area contributed by atoms with Crippen molar-refractivity contribution in [3.63, 3.8) is 0 Å². The predicted molar refractivity (Wildman–Crippen MR) is 70.8 cm³/mol. The van der Waals surface area contributed by atoms with Crippen LogP contribution >= 0.6 is 15.9 Å². The molecule has 82 valence electrons. The molecule has 4 heteroatoms. The van der Waals surface area contributed by atoms with Crippen LogP contribution in [0.25, 0.3) is 0 Å². The Hall–Kier alpha value is -1.55. The maximum absolute atomic E-state index is 5.81. The number of anilines is 3. The third kappa shape index (κ3) is 2.33. The lowest BCUT2D eigenvalue weighted by Crippen LogP contribution is -1.98. The first kappa shape index (κ1) is 11.0. The van der Waals surface area contributed by atoms with Crippen LogP contribution in [0.3, 0.4) is 0 Å². The first-order valence-corrected chi connectivity index (χ1v) is 5.69. The number of nitrogens with one attached hydrogen (secondary N) is 1. The normalized spacial score (nSPS) is 10.1. The molecule has 0 aliphatic heterocycles. The number of rotatable bonds is 2. The number of benzene rings is 1. The van der Waals surface area contributed by atoms with Crippen molar-refractivity contribution in [2.45, 2.75) is 6.92 Å². The second kappa shape index (κ2) is 4.53. The highest BCUT2D eigenvalue weighted by Gasteiger charge is 2.02. The fourth-order valence-electron chi connectivity index (χ4n) is 1.43. The molecule has 16 heavy (non-hydrogen) atoms. The predicted octanol–water partition coefficient (Wildman–Crippen LogP) is 3.48. The van der Waals surface area contributed by atoms with Crippen molar-refractivity contribution in [1.29, 1.82) is 0 Å². The average Bonchev–Trinajstić information content (AvgIpc) is 2.25. The van der Waals surface area contributed by atoms with Crippen LogP contribution in [0.2, 0.25) is 0 Å². The van der Waals surface area contributed by atoms with Gasteiger partial charge in [0.25, 0.3) is 0 Å². The van der Waals surface area contributed by atoms with Crippen molar-refractivity contribution in [1.82, 2.24) is 4.98 Å². The summed E-state index contributed by atoms with van der Waals surface area (Å²) in [6.45, 7) is 2.05. The molecule has 0 saturated carbocycles. The third-order valence-corrected chi connectivity index (χ3v) is 2.80. The minimum atomic E-state index is 0.643. The van der Waals surface area contributed by atoms with E-state index in [-0.39, 0.29) is 0 Å². The first-order chi connectivity index (χ1) is 7.66. The van der Waals surface area contributed by atoms with E-state index in [2.05, 4.69) is 32.3 Å². The zero-order valence-electron chi connectivity index (χ0n) is 8.87. The van der Waals surface area contributed by atoms with Crippen LogP contribution in [0, 0.1) is 6.92 Å². The number of halogens is 1. The van der Waals surface area contributed by atoms with E-state index in [1.54, 1.807) is 12.4 Å². The van der Waals surface area contributed by atoms with Gasteiger partial charge in [0.1, 0.15) is 0 Å². The van der Waals surface area contributed by atoms with E-state index in [9.17, 15) is 0 Å². The molecular weight excluding hydrogens is 266 g/mol. The summed E-state index contributed by atoms with van der Waals surface area (Å²) >= 11 is 3.43. The molecule has 0 radical (unpaired) electrons. The van der Waals surface area contributed by atoms with Crippen molar-refractivity contribution in [2.75, 3.05) is 11.1 Å². The Labute approximate surface area is 103 Å². The van der Waals surface area contributed by atoms with Crippen molar-refractivity contribution >= 4 is 33.0 Å². The molecule has 2 rings (SSSR count). The van der Waals surface area contributed by atoms with Gasteiger partial charge in [0.05, 0.1) is 17.6 Å². The maximum Gasteiger partial charge on any atom is 0.0739 e. The summed E-state index contributed by atoms with van der Waals surface area (Å²) in [6.07, 6.45) is 3.35. The summed E-state index contributed by atoms with van der Waals surface area (Å²) in [5.41, 5.74) is 9.53.